The van der Waals surface area contributed by atoms with Crippen molar-refractivity contribution in [1.82, 2.24) is 15.3 Å². The maximum Gasteiger partial charge on any atom is 0.573 e. The van der Waals surface area contributed by atoms with Crippen molar-refractivity contribution < 1.29 is 17.9 Å². The second-order valence-electron chi connectivity index (χ2n) is 8.55. The third kappa shape index (κ3) is 6.25. The van der Waals surface area contributed by atoms with Crippen molar-refractivity contribution in [3.05, 3.63) is 54.1 Å². The fourth-order valence-electron chi connectivity index (χ4n) is 4.16. The average molecular weight is 460 g/mol. The van der Waals surface area contributed by atoms with Gasteiger partial charge in [0.2, 0.25) is 5.95 Å². The highest BCUT2D eigenvalue weighted by Gasteiger charge is 2.31. The summed E-state index contributed by atoms with van der Waals surface area (Å²) in [6, 6.07) is 14.7. The van der Waals surface area contributed by atoms with Crippen LogP contribution in [0.2, 0.25) is 0 Å². The number of halogens is 3. The van der Waals surface area contributed by atoms with Gasteiger partial charge in [-0.2, -0.15) is 4.98 Å². The van der Waals surface area contributed by atoms with Gasteiger partial charge in [0.1, 0.15) is 11.6 Å². The van der Waals surface area contributed by atoms with E-state index < -0.39 is 6.36 Å². The average Bonchev–Trinajstić information content (AvgIpc) is 2.78. The zero-order valence-electron chi connectivity index (χ0n) is 18.7. The van der Waals surface area contributed by atoms with Gasteiger partial charge in [0.05, 0.1) is 5.52 Å². The van der Waals surface area contributed by atoms with Crippen molar-refractivity contribution in [2.75, 3.05) is 24.3 Å². The minimum Gasteiger partial charge on any atom is -0.406 e. The molecule has 1 heterocycles. The molecule has 6 nitrogen and oxygen atoms in total. The summed E-state index contributed by atoms with van der Waals surface area (Å²) in [5.41, 5.74) is 1.84. The molecule has 1 aromatic heterocycles. The van der Waals surface area contributed by atoms with E-state index in [0.717, 1.165) is 48.0 Å². The topological polar surface area (TPSA) is 62.3 Å². The monoisotopic (exact) mass is 459 g/mol. The lowest BCUT2D eigenvalue weighted by atomic mass is 9.91. The van der Waals surface area contributed by atoms with E-state index in [-0.39, 0.29) is 5.75 Å². The highest BCUT2D eigenvalue weighted by molar-refractivity contribution is 5.90. The third-order valence-corrected chi connectivity index (χ3v) is 5.82. The molecule has 0 saturated heterocycles. The molecule has 0 aliphatic heterocycles. The molecule has 33 heavy (non-hydrogen) atoms. The van der Waals surface area contributed by atoms with E-state index in [1.165, 1.54) is 12.1 Å². The van der Waals surface area contributed by atoms with Crippen LogP contribution in [0.1, 0.15) is 31.2 Å². The maximum atomic E-state index is 12.3. The molecule has 0 bridgehead atoms. The number of rotatable bonds is 7. The number of nitrogens with zero attached hydrogens (tertiary/aromatic N) is 3. The van der Waals surface area contributed by atoms with Gasteiger partial charge in [0.25, 0.3) is 0 Å². The molecule has 0 radical (unpaired) electrons. The van der Waals surface area contributed by atoms with Gasteiger partial charge in [-0.3, -0.25) is 0 Å². The Morgan fingerprint density at radius 3 is 2.27 bits per heavy atom. The summed E-state index contributed by atoms with van der Waals surface area (Å²) >= 11 is 0. The first kappa shape index (κ1) is 23.1. The minimum atomic E-state index is -4.67. The quantitative estimate of drug-likeness (QED) is 0.512. The number of aromatic nitrogens is 2. The number of fused-ring (bicyclic) bond motifs is 1. The summed E-state index contributed by atoms with van der Waals surface area (Å²) in [5, 5.41) is 8.04. The largest absolute Gasteiger partial charge is 0.573 e. The Labute approximate surface area is 191 Å². The zero-order chi connectivity index (χ0) is 23.4. The summed E-state index contributed by atoms with van der Waals surface area (Å²) in [5.74, 6) is 1.34. The zero-order valence-corrected chi connectivity index (χ0v) is 18.7. The van der Waals surface area contributed by atoms with Crippen LogP contribution in [0.5, 0.6) is 5.75 Å². The van der Waals surface area contributed by atoms with Crippen LogP contribution in [0.3, 0.4) is 0 Å². The van der Waals surface area contributed by atoms with Crippen molar-refractivity contribution in [2.24, 2.45) is 0 Å². The van der Waals surface area contributed by atoms with Crippen LogP contribution in [-0.4, -0.2) is 42.5 Å². The molecular weight excluding hydrogens is 431 g/mol. The highest BCUT2D eigenvalue weighted by Crippen LogP contribution is 2.27. The van der Waals surface area contributed by atoms with Crippen LogP contribution in [0.15, 0.2) is 48.5 Å². The number of anilines is 2. The van der Waals surface area contributed by atoms with Crippen molar-refractivity contribution in [3.8, 4) is 5.75 Å². The van der Waals surface area contributed by atoms with Gasteiger partial charge in [0.15, 0.2) is 0 Å². The normalized spacial score (nSPS) is 18.8. The Bertz CT molecular complexity index is 1060. The van der Waals surface area contributed by atoms with Gasteiger partial charge < -0.3 is 20.3 Å². The molecule has 1 aliphatic rings. The highest BCUT2D eigenvalue weighted by atomic mass is 19.4. The van der Waals surface area contributed by atoms with Crippen molar-refractivity contribution >= 4 is 22.7 Å². The van der Waals surface area contributed by atoms with Crippen LogP contribution in [0.4, 0.5) is 24.9 Å². The van der Waals surface area contributed by atoms with Gasteiger partial charge in [-0.05, 0) is 55.5 Å². The SMILES string of the molecule is CN(C)c1nc(N[C@H]2CC[C@@H](NCc3ccc(OC(F)(F)F)cc3)CC2)nc2ccccc12. The van der Waals surface area contributed by atoms with Crippen LogP contribution in [-0.2, 0) is 6.54 Å². The predicted molar refractivity (Wildman–Crippen MR) is 123 cm³/mol. The van der Waals surface area contributed by atoms with Crippen molar-refractivity contribution in [2.45, 2.75) is 50.7 Å². The molecule has 176 valence electrons. The lowest BCUT2D eigenvalue weighted by molar-refractivity contribution is -0.274. The number of para-hydroxylation sites is 1. The van der Waals surface area contributed by atoms with Crippen LogP contribution >= 0.6 is 0 Å². The lowest BCUT2D eigenvalue weighted by Gasteiger charge is -2.30. The first-order valence-corrected chi connectivity index (χ1v) is 11.1. The fraction of sp³-hybridized carbons (Fsp3) is 0.417. The van der Waals surface area contributed by atoms with Crippen molar-refractivity contribution in [3.63, 3.8) is 0 Å². The molecule has 0 atom stereocenters. The third-order valence-electron chi connectivity index (χ3n) is 5.82. The minimum absolute atomic E-state index is 0.203. The molecular formula is C24H28F3N5O. The van der Waals surface area contributed by atoms with E-state index in [4.69, 9.17) is 9.97 Å². The van der Waals surface area contributed by atoms with Gasteiger partial charge in [0, 0.05) is 38.1 Å². The second-order valence-corrected chi connectivity index (χ2v) is 8.55. The number of nitrogens with one attached hydrogen (secondary N) is 2. The summed E-state index contributed by atoms with van der Waals surface area (Å²) in [6.45, 7) is 0.606. The first-order valence-electron chi connectivity index (χ1n) is 11.1. The fourth-order valence-corrected chi connectivity index (χ4v) is 4.16. The van der Waals surface area contributed by atoms with E-state index in [2.05, 4.69) is 15.4 Å². The molecule has 4 rings (SSSR count). The van der Waals surface area contributed by atoms with Gasteiger partial charge in [-0.1, -0.05) is 24.3 Å². The molecule has 1 aliphatic carbocycles. The predicted octanol–water partition coefficient (Wildman–Crippen LogP) is 5.11. The molecule has 3 aromatic rings. The Morgan fingerprint density at radius 1 is 0.939 bits per heavy atom. The summed E-state index contributed by atoms with van der Waals surface area (Å²) < 4.78 is 40.7. The number of hydrogen-bond donors (Lipinski definition) is 2. The summed E-state index contributed by atoms with van der Waals surface area (Å²) in [6.07, 6.45) is -0.687. The van der Waals surface area contributed by atoms with Crippen LogP contribution < -0.4 is 20.3 Å². The number of hydrogen-bond acceptors (Lipinski definition) is 6. The molecule has 0 amide bonds. The molecule has 2 N–H and O–H groups in total. The molecule has 9 heteroatoms. The van der Waals surface area contributed by atoms with Gasteiger partial charge in [-0.25, -0.2) is 4.98 Å². The number of benzene rings is 2. The Kier molecular flexibility index (Phi) is 6.88. The number of ether oxygens (including phenoxy) is 1. The first-order chi connectivity index (χ1) is 15.8. The molecule has 0 spiro atoms. The standard InChI is InChI=1S/C24H28F3N5O/c1-32(2)22-20-5-3-4-6-21(20)30-23(31-22)29-18-11-9-17(10-12-18)28-15-16-7-13-19(14-8-16)33-24(25,26)27/h3-8,13-14,17-18,28H,9-12,15H2,1-2H3,(H,29,30,31)/t17-,18+. The lowest BCUT2D eigenvalue weighted by Crippen LogP contribution is -2.37. The van der Waals surface area contributed by atoms with E-state index >= 15 is 0 Å². The van der Waals surface area contributed by atoms with E-state index in [1.807, 2.05) is 43.3 Å². The Balaban J connectivity index is 1.28. The summed E-state index contributed by atoms with van der Waals surface area (Å²) in [7, 11) is 3.96. The Hall–Kier alpha value is -3.07. The molecule has 1 fully saturated rings. The van der Waals surface area contributed by atoms with E-state index in [1.54, 1.807) is 12.1 Å². The molecule has 1 saturated carbocycles. The van der Waals surface area contributed by atoms with E-state index in [9.17, 15) is 13.2 Å². The van der Waals surface area contributed by atoms with Gasteiger partial charge >= 0.3 is 6.36 Å². The maximum absolute atomic E-state index is 12.3. The Morgan fingerprint density at radius 2 is 1.61 bits per heavy atom. The van der Waals surface area contributed by atoms with Crippen LogP contribution in [0.25, 0.3) is 10.9 Å². The van der Waals surface area contributed by atoms with Crippen LogP contribution in [0, 0.1) is 0 Å². The molecule has 0 unspecified atom stereocenters. The number of alkyl halides is 3. The molecule has 2 aromatic carbocycles. The smallest absolute Gasteiger partial charge is 0.406 e. The van der Waals surface area contributed by atoms with Crippen molar-refractivity contribution in [1.29, 1.82) is 0 Å². The van der Waals surface area contributed by atoms with E-state index in [0.29, 0.717) is 24.6 Å². The summed E-state index contributed by atoms with van der Waals surface area (Å²) in [4.78, 5) is 11.4. The van der Waals surface area contributed by atoms with Gasteiger partial charge in [-0.15, -0.1) is 13.2 Å². The second kappa shape index (κ2) is 9.82.